The average molecular weight is 363 g/mol. The van der Waals surface area contributed by atoms with Gasteiger partial charge in [-0.1, -0.05) is 28.1 Å². The van der Waals surface area contributed by atoms with Crippen LogP contribution in [0.5, 0.6) is 0 Å². The van der Waals surface area contributed by atoms with Crippen molar-refractivity contribution in [1.29, 1.82) is 0 Å². The van der Waals surface area contributed by atoms with Crippen molar-refractivity contribution in [2.24, 2.45) is 5.10 Å². The number of imidazole rings is 1. The molecule has 1 N–H and O–H groups in total. The molecule has 3 rings (SSSR count). The fourth-order valence-corrected chi connectivity index (χ4v) is 2.96. The Balaban J connectivity index is 1.76. The second-order valence-corrected chi connectivity index (χ2v) is 6.14. The molecule has 0 bridgehead atoms. The fourth-order valence-electron chi connectivity index (χ4n) is 1.93. The van der Waals surface area contributed by atoms with Gasteiger partial charge in [-0.2, -0.15) is 5.10 Å². The van der Waals surface area contributed by atoms with Crippen molar-refractivity contribution >= 4 is 44.3 Å². The molecular formula is C14H11BrN4OS. The highest BCUT2D eigenvalue weighted by atomic mass is 79.9. The third-order valence-electron chi connectivity index (χ3n) is 2.90. The van der Waals surface area contributed by atoms with Crippen LogP contribution in [-0.2, 0) is 0 Å². The largest absolute Gasteiger partial charge is 0.290 e. The Kier molecular flexibility index (Phi) is 3.85. The van der Waals surface area contributed by atoms with Crippen molar-refractivity contribution < 1.29 is 4.79 Å². The van der Waals surface area contributed by atoms with E-state index in [4.69, 9.17) is 0 Å². The minimum Gasteiger partial charge on any atom is -0.286 e. The average Bonchev–Trinajstić information content (AvgIpc) is 3.00. The number of fused-ring (bicyclic) bond motifs is 1. The monoisotopic (exact) mass is 362 g/mol. The smallest absolute Gasteiger partial charge is 0.286 e. The number of carbonyl (C=O) groups is 1. The molecule has 0 spiro atoms. The molecule has 0 aliphatic heterocycles. The molecule has 0 unspecified atom stereocenters. The molecule has 1 aromatic carbocycles. The van der Waals surface area contributed by atoms with E-state index in [0.29, 0.717) is 11.4 Å². The number of hydrogen-bond donors (Lipinski definition) is 1. The van der Waals surface area contributed by atoms with Gasteiger partial charge in [-0.15, -0.1) is 11.3 Å². The number of aromatic nitrogens is 2. The summed E-state index contributed by atoms with van der Waals surface area (Å²) in [5.41, 5.74) is 4.65. The van der Waals surface area contributed by atoms with Crippen LogP contribution in [0, 0.1) is 6.92 Å². The van der Waals surface area contributed by atoms with Crippen LogP contribution in [0.2, 0.25) is 0 Å². The first-order chi connectivity index (χ1) is 10.1. The van der Waals surface area contributed by atoms with Crippen molar-refractivity contribution in [3.63, 3.8) is 0 Å². The zero-order valence-electron chi connectivity index (χ0n) is 11.1. The molecule has 2 heterocycles. The minimum absolute atomic E-state index is 0.272. The van der Waals surface area contributed by atoms with Gasteiger partial charge in [-0.3, -0.25) is 9.20 Å². The number of nitrogens with one attached hydrogen (secondary N) is 1. The molecule has 0 atom stereocenters. The van der Waals surface area contributed by atoms with Crippen LogP contribution in [0.25, 0.3) is 4.96 Å². The van der Waals surface area contributed by atoms with E-state index in [1.165, 1.54) is 11.3 Å². The van der Waals surface area contributed by atoms with E-state index < -0.39 is 0 Å². The van der Waals surface area contributed by atoms with Gasteiger partial charge in [0.15, 0.2) is 4.96 Å². The number of benzene rings is 1. The summed E-state index contributed by atoms with van der Waals surface area (Å²) in [5.74, 6) is -0.272. The molecule has 0 radical (unpaired) electrons. The van der Waals surface area contributed by atoms with Crippen LogP contribution in [0.4, 0.5) is 0 Å². The van der Waals surface area contributed by atoms with E-state index in [0.717, 1.165) is 15.0 Å². The van der Waals surface area contributed by atoms with Crippen LogP contribution < -0.4 is 5.43 Å². The topological polar surface area (TPSA) is 58.8 Å². The highest BCUT2D eigenvalue weighted by molar-refractivity contribution is 9.10. The first-order valence-corrected chi connectivity index (χ1v) is 7.83. The summed E-state index contributed by atoms with van der Waals surface area (Å²) >= 11 is 4.86. The third-order valence-corrected chi connectivity index (χ3v) is 4.19. The summed E-state index contributed by atoms with van der Waals surface area (Å²) in [6.45, 7) is 1.81. The second kappa shape index (κ2) is 5.79. The molecule has 0 saturated carbocycles. The molecule has 0 aliphatic carbocycles. The van der Waals surface area contributed by atoms with Crippen molar-refractivity contribution in [2.75, 3.05) is 0 Å². The van der Waals surface area contributed by atoms with Gasteiger partial charge in [0, 0.05) is 16.0 Å². The van der Waals surface area contributed by atoms with E-state index in [9.17, 15) is 4.79 Å². The Labute approximate surface area is 133 Å². The Morgan fingerprint density at radius 3 is 2.95 bits per heavy atom. The summed E-state index contributed by atoms with van der Waals surface area (Å²) in [5, 5.41) is 5.87. The third kappa shape index (κ3) is 2.88. The highest BCUT2D eigenvalue weighted by Gasteiger charge is 2.16. The summed E-state index contributed by atoms with van der Waals surface area (Å²) in [6.07, 6.45) is 3.43. The van der Waals surface area contributed by atoms with Gasteiger partial charge >= 0.3 is 0 Å². The van der Waals surface area contributed by atoms with Crippen LogP contribution in [0.1, 0.15) is 21.7 Å². The molecule has 5 nitrogen and oxygen atoms in total. The number of thiazole rings is 1. The molecule has 21 heavy (non-hydrogen) atoms. The first-order valence-electron chi connectivity index (χ1n) is 6.16. The highest BCUT2D eigenvalue weighted by Crippen LogP contribution is 2.16. The molecule has 0 fully saturated rings. The Morgan fingerprint density at radius 2 is 2.19 bits per heavy atom. The molecule has 1 amide bonds. The standard InChI is InChI=1S/C14H11BrN4OS/c1-9-12(19-6-7-21-14(19)17-9)13(20)18-16-8-10-2-4-11(15)5-3-10/h2-8H,1H3,(H,18,20)/b16-8+. The van der Waals surface area contributed by atoms with Crippen LogP contribution in [-0.4, -0.2) is 21.5 Å². The van der Waals surface area contributed by atoms with Crippen molar-refractivity contribution in [1.82, 2.24) is 14.8 Å². The van der Waals surface area contributed by atoms with E-state index >= 15 is 0 Å². The van der Waals surface area contributed by atoms with Crippen LogP contribution >= 0.6 is 27.3 Å². The predicted molar refractivity (Wildman–Crippen MR) is 87.0 cm³/mol. The SMILES string of the molecule is Cc1nc2sccn2c1C(=O)N/N=C/c1ccc(Br)cc1. The first kappa shape index (κ1) is 14.0. The van der Waals surface area contributed by atoms with Gasteiger partial charge in [0.2, 0.25) is 0 Å². The maximum Gasteiger partial charge on any atom is 0.290 e. The molecular weight excluding hydrogens is 352 g/mol. The number of amides is 1. The normalized spacial score (nSPS) is 11.3. The van der Waals surface area contributed by atoms with E-state index in [1.54, 1.807) is 10.6 Å². The van der Waals surface area contributed by atoms with Gasteiger partial charge in [-0.25, -0.2) is 10.4 Å². The number of halogens is 1. The number of hydrogen-bond acceptors (Lipinski definition) is 4. The van der Waals surface area contributed by atoms with Crippen LogP contribution in [0.3, 0.4) is 0 Å². The van der Waals surface area contributed by atoms with E-state index in [1.807, 2.05) is 42.8 Å². The molecule has 0 aliphatic rings. The lowest BCUT2D eigenvalue weighted by Crippen LogP contribution is -2.20. The molecule has 0 saturated heterocycles. The summed E-state index contributed by atoms with van der Waals surface area (Å²) in [6, 6.07) is 7.64. The number of hydrazone groups is 1. The van der Waals surface area contributed by atoms with Gasteiger partial charge in [-0.05, 0) is 24.6 Å². The molecule has 7 heteroatoms. The zero-order valence-corrected chi connectivity index (χ0v) is 13.5. The van der Waals surface area contributed by atoms with Gasteiger partial charge < -0.3 is 0 Å². The van der Waals surface area contributed by atoms with Crippen molar-refractivity contribution in [3.8, 4) is 0 Å². The van der Waals surface area contributed by atoms with E-state index in [-0.39, 0.29) is 5.91 Å². The van der Waals surface area contributed by atoms with Gasteiger partial charge in [0.1, 0.15) is 5.69 Å². The molecule has 106 valence electrons. The zero-order chi connectivity index (χ0) is 14.8. The predicted octanol–water partition coefficient (Wildman–Crippen LogP) is 3.23. The lowest BCUT2D eigenvalue weighted by molar-refractivity contribution is 0.0948. The number of carbonyl (C=O) groups excluding carboxylic acids is 1. The van der Waals surface area contributed by atoms with Gasteiger partial charge in [0.25, 0.3) is 5.91 Å². The van der Waals surface area contributed by atoms with Gasteiger partial charge in [0.05, 0.1) is 11.9 Å². The number of aryl methyl sites for hydroxylation is 1. The maximum absolute atomic E-state index is 12.2. The minimum atomic E-state index is -0.272. The Hall–Kier alpha value is -1.99. The lowest BCUT2D eigenvalue weighted by atomic mass is 10.2. The van der Waals surface area contributed by atoms with E-state index in [2.05, 4.69) is 31.4 Å². The number of nitrogens with zero attached hydrogens (tertiary/aromatic N) is 3. The summed E-state index contributed by atoms with van der Waals surface area (Å²) in [7, 11) is 0. The summed E-state index contributed by atoms with van der Waals surface area (Å²) in [4.78, 5) is 17.3. The summed E-state index contributed by atoms with van der Waals surface area (Å²) < 4.78 is 2.77. The second-order valence-electron chi connectivity index (χ2n) is 4.35. The Morgan fingerprint density at radius 1 is 1.43 bits per heavy atom. The molecule has 2 aromatic heterocycles. The number of rotatable bonds is 3. The molecule has 3 aromatic rings. The van der Waals surface area contributed by atoms with Crippen molar-refractivity contribution in [2.45, 2.75) is 6.92 Å². The van der Waals surface area contributed by atoms with Crippen molar-refractivity contribution in [3.05, 3.63) is 57.3 Å². The van der Waals surface area contributed by atoms with Crippen LogP contribution in [0.15, 0.2) is 45.4 Å². The Bertz CT molecular complexity index is 819. The maximum atomic E-state index is 12.2. The quantitative estimate of drug-likeness (QED) is 0.574. The lowest BCUT2D eigenvalue weighted by Gasteiger charge is -1.99. The fraction of sp³-hybridized carbons (Fsp3) is 0.0714.